The molecular formula is C14H28N2OS. The number of carbonyl (C=O) groups excluding carboxylic acids is 1. The Balaban J connectivity index is 2.19. The molecule has 0 aromatic heterocycles. The summed E-state index contributed by atoms with van der Waals surface area (Å²) < 4.78 is 0.311. The van der Waals surface area contributed by atoms with Crippen LogP contribution < -0.4 is 11.1 Å². The van der Waals surface area contributed by atoms with Gasteiger partial charge in [0.05, 0.1) is 0 Å². The second kappa shape index (κ2) is 8.81. The first-order chi connectivity index (χ1) is 8.72. The lowest BCUT2D eigenvalue weighted by Gasteiger charge is -2.35. The molecule has 1 fully saturated rings. The van der Waals surface area contributed by atoms with Crippen LogP contribution in [0.3, 0.4) is 0 Å². The van der Waals surface area contributed by atoms with Gasteiger partial charge in [-0.15, -0.1) is 0 Å². The normalized spacial score (nSPS) is 18.6. The minimum Gasteiger partial charge on any atom is -0.355 e. The Bertz CT molecular complexity index is 240. The highest BCUT2D eigenvalue weighted by Gasteiger charge is 2.31. The molecule has 0 spiro atoms. The number of unbranched alkanes of at least 4 members (excludes halogenated alkanes) is 2. The number of hydrogen-bond acceptors (Lipinski definition) is 3. The second-order valence-electron chi connectivity index (χ2n) is 5.32. The number of nitrogens with one attached hydrogen (secondary N) is 1. The van der Waals surface area contributed by atoms with E-state index in [1.807, 2.05) is 11.8 Å². The van der Waals surface area contributed by atoms with Gasteiger partial charge in [-0.2, -0.15) is 11.8 Å². The third-order valence-corrected chi connectivity index (χ3v) is 5.33. The van der Waals surface area contributed by atoms with Crippen LogP contribution in [0.1, 0.15) is 57.8 Å². The van der Waals surface area contributed by atoms with Crippen LogP contribution in [0.5, 0.6) is 0 Å². The standard InChI is InChI=1S/C14H28N2OS/c1-18-14(9-5-3-6-10-14)12-16-13(17)8-4-2-7-11-15/h2-12,15H2,1H3,(H,16,17). The van der Waals surface area contributed by atoms with Gasteiger partial charge < -0.3 is 11.1 Å². The van der Waals surface area contributed by atoms with E-state index in [0.29, 0.717) is 11.2 Å². The highest BCUT2D eigenvalue weighted by molar-refractivity contribution is 8.00. The van der Waals surface area contributed by atoms with E-state index in [2.05, 4.69) is 11.6 Å². The van der Waals surface area contributed by atoms with Crippen LogP contribution in [-0.4, -0.2) is 30.0 Å². The predicted octanol–water partition coefficient (Wildman–Crippen LogP) is 2.69. The van der Waals surface area contributed by atoms with E-state index in [0.717, 1.165) is 32.4 Å². The van der Waals surface area contributed by atoms with E-state index in [1.165, 1.54) is 32.1 Å². The van der Waals surface area contributed by atoms with Crippen LogP contribution in [-0.2, 0) is 4.79 Å². The van der Waals surface area contributed by atoms with E-state index >= 15 is 0 Å². The molecule has 1 amide bonds. The highest BCUT2D eigenvalue weighted by Crippen LogP contribution is 2.37. The minimum absolute atomic E-state index is 0.214. The lowest BCUT2D eigenvalue weighted by atomic mass is 9.88. The Morgan fingerprint density at radius 2 is 1.94 bits per heavy atom. The number of nitrogens with two attached hydrogens (primary N) is 1. The van der Waals surface area contributed by atoms with Gasteiger partial charge in [-0.1, -0.05) is 25.7 Å². The zero-order chi connectivity index (χ0) is 13.3. The van der Waals surface area contributed by atoms with Gasteiger partial charge in [0, 0.05) is 17.7 Å². The largest absolute Gasteiger partial charge is 0.355 e. The molecule has 0 aromatic carbocycles. The van der Waals surface area contributed by atoms with Crippen molar-refractivity contribution >= 4 is 17.7 Å². The second-order valence-corrected chi connectivity index (χ2v) is 6.60. The number of amides is 1. The molecule has 0 bridgehead atoms. The van der Waals surface area contributed by atoms with Gasteiger partial charge in [0.15, 0.2) is 0 Å². The number of carbonyl (C=O) groups is 1. The van der Waals surface area contributed by atoms with Crippen LogP contribution in [0, 0.1) is 0 Å². The first kappa shape index (κ1) is 15.8. The Labute approximate surface area is 116 Å². The van der Waals surface area contributed by atoms with Crippen molar-refractivity contribution in [1.82, 2.24) is 5.32 Å². The molecule has 106 valence electrons. The van der Waals surface area contributed by atoms with Gasteiger partial charge in [-0.25, -0.2) is 0 Å². The molecular weight excluding hydrogens is 244 g/mol. The Hall–Kier alpha value is -0.220. The SMILES string of the molecule is CSC1(CNC(=O)CCCCCN)CCCCC1. The average Bonchev–Trinajstić information content (AvgIpc) is 2.42. The number of rotatable bonds is 8. The van der Waals surface area contributed by atoms with Gasteiger partial charge in [0.1, 0.15) is 0 Å². The van der Waals surface area contributed by atoms with E-state index in [9.17, 15) is 4.79 Å². The molecule has 0 unspecified atom stereocenters. The van der Waals surface area contributed by atoms with Crippen molar-refractivity contribution in [3.8, 4) is 0 Å². The molecule has 1 aliphatic carbocycles. The molecule has 0 heterocycles. The smallest absolute Gasteiger partial charge is 0.220 e. The molecule has 0 atom stereocenters. The van der Waals surface area contributed by atoms with E-state index in [1.54, 1.807) is 0 Å². The van der Waals surface area contributed by atoms with Crippen LogP contribution in [0.2, 0.25) is 0 Å². The summed E-state index contributed by atoms with van der Waals surface area (Å²) in [6.07, 6.45) is 12.4. The van der Waals surface area contributed by atoms with Gasteiger partial charge >= 0.3 is 0 Å². The maximum atomic E-state index is 11.8. The molecule has 3 N–H and O–H groups in total. The zero-order valence-corrected chi connectivity index (χ0v) is 12.5. The minimum atomic E-state index is 0.214. The van der Waals surface area contributed by atoms with E-state index < -0.39 is 0 Å². The topological polar surface area (TPSA) is 55.1 Å². The molecule has 0 radical (unpaired) electrons. The summed E-state index contributed by atoms with van der Waals surface area (Å²) in [5, 5.41) is 3.13. The predicted molar refractivity (Wildman–Crippen MR) is 79.9 cm³/mol. The van der Waals surface area contributed by atoms with Crippen molar-refractivity contribution in [2.24, 2.45) is 5.73 Å². The lowest BCUT2D eigenvalue weighted by Crippen LogP contribution is -2.41. The molecule has 1 rings (SSSR count). The van der Waals surface area contributed by atoms with Gasteiger partial charge in [0.2, 0.25) is 5.91 Å². The summed E-state index contributed by atoms with van der Waals surface area (Å²) >= 11 is 1.94. The fraction of sp³-hybridized carbons (Fsp3) is 0.929. The maximum absolute atomic E-state index is 11.8. The summed E-state index contributed by atoms with van der Waals surface area (Å²) in [6, 6.07) is 0. The molecule has 0 aliphatic heterocycles. The Kier molecular flexibility index (Phi) is 7.75. The number of thioether (sulfide) groups is 1. The molecule has 0 saturated heterocycles. The maximum Gasteiger partial charge on any atom is 0.220 e. The molecule has 1 aliphatic rings. The van der Waals surface area contributed by atoms with Crippen LogP contribution in [0.15, 0.2) is 0 Å². The van der Waals surface area contributed by atoms with Gasteiger partial charge in [0.25, 0.3) is 0 Å². The molecule has 1 saturated carbocycles. The summed E-state index contributed by atoms with van der Waals surface area (Å²) in [6.45, 7) is 1.58. The third kappa shape index (κ3) is 5.61. The fourth-order valence-electron chi connectivity index (χ4n) is 2.60. The van der Waals surface area contributed by atoms with Crippen LogP contribution in [0.4, 0.5) is 0 Å². The van der Waals surface area contributed by atoms with Crippen molar-refractivity contribution < 1.29 is 4.79 Å². The van der Waals surface area contributed by atoms with Crippen molar-refractivity contribution in [3.05, 3.63) is 0 Å². The first-order valence-corrected chi connectivity index (χ1v) is 8.47. The fourth-order valence-corrected chi connectivity index (χ4v) is 3.52. The summed E-state index contributed by atoms with van der Waals surface area (Å²) in [5.41, 5.74) is 5.43. The van der Waals surface area contributed by atoms with Gasteiger partial charge in [-0.3, -0.25) is 4.79 Å². The third-order valence-electron chi connectivity index (χ3n) is 3.91. The van der Waals surface area contributed by atoms with Crippen molar-refractivity contribution in [2.75, 3.05) is 19.3 Å². The quantitative estimate of drug-likeness (QED) is 0.668. The average molecular weight is 272 g/mol. The van der Waals surface area contributed by atoms with E-state index in [4.69, 9.17) is 5.73 Å². The Morgan fingerprint density at radius 1 is 1.22 bits per heavy atom. The summed E-state index contributed by atoms with van der Waals surface area (Å²) in [5.74, 6) is 0.214. The molecule has 3 nitrogen and oxygen atoms in total. The molecule has 0 aromatic rings. The van der Waals surface area contributed by atoms with E-state index in [-0.39, 0.29) is 5.91 Å². The summed E-state index contributed by atoms with van der Waals surface area (Å²) in [7, 11) is 0. The van der Waals surface area contributed by atoms with Crippen molar-refractivity contribution in [3.63, 3.8) is 0 Å². The van der Waals surface area contributed by atoms with Crippen molar-refractivity contribution in [1.29, 1.82) is 0 Å². The van der Waals surface area contributed by atoms with Gasteiger partial charge in [-0.05, 0) is 38.5 Å². The van der Waals surface area contributed by atoms with Crippen LogP contribution >= 0.6 is 11.8 Å². The molecule has 4 heteroatoms. The zero-order valence-electron chi connectivity index (χ0n) is 11.7. The van der Waals surface area contributed by atoms with Crippen LogP contribution in [0.25, 0.3) is 0 Å². The molecule has 18 heavy (non-hydrogen) atoms. The van der Waals surface area contributed by atoms with Crippen molar-refractivity contribution in [2.45, 2.75) is 62.5 Å². The summed E-state index contributed by atoms with van der Waals surface area (Å²) in [4.78, 5) is 11.8. The monoisotopic (exact) mass is 272 g/mol. The number of hydrogen-bond donors (Lipinski definition) is 2. The lowest BCUT2D eigenvalue weighted by molar-refractivity contribution is -0.121. The highest BCUT2D eigenvalue weighted by atomic mass is 32.2. The Morgan fingerprint density at radius 3 is 2.56 bits per heavy atom. The first-order valence-electron chi connectivity index (χ1n) is 7.24.